The Labute approximate surface area is 159 Å². The number of hydrogen-bond donors (Lipinski definition) is 0. The molecule has 5 heteroatoms. The Bertz CT molecular complexity index is 995. The highest BCUT2D eigenvalue weighted by atomic mass is 32.2. The summed E-state index contributed by atoms with van der Waals surface area (Å²) in [5, 5.41) is -0.974. The molecule has 0 amide bonds. The van der Waals surface area contributed by atoms with Gasteiger partial charge in [-0.1, -0.05) is 60.7 Å². The second-order valence-corrected chi connectivity index (χ2v) is 8.24. The van der Waals surface area contributed by atoms with Gasteiger partial charge in [-0.3, -0.25) is 4.79 Å². The molecule has 0 aromatic heterocycles. The highest BCUT2D eigenvalue weighted by Gasteiger charge is 2.31. The number of carbonyl (C=O) groups is 1. The van der Waals surface area contributed by atoms with Gasteiger partial charge in [0, 0.05) is 12.0 Å². The van der Waals surface area contributed by atoms with Crippen molar-refractivity contribution in [1.82, 2.24) is 0 Å². The zero-order chi connectivity index (χ0) is 19.3. The lowest BCUT2D eigenvalue weighted by atomic mass is 10.0. The second kappa shape index (κ2) is 8.18. The number of benzene rings is 3. The molecule has 0 N–H and O–H groups in total. The van der Waals surface area contributed by atoms with E-state index in [1.165, 1.54) is 0 Å². The lowest BCUT2D eigenvalue weighted by molar-refractivity contribution is 0.0980. The summed E-state index contributed by atoms with van der Waals surface area (Å²) in [4.78, 5) is 12.9. The molecule has 0 aliphatic heterocycles. The third-order valence-electron chi connectivity index (χ3n) is 4.40. The van der Waals surface area contributed by atoms with Gasteiger partial charge in [0.25, 0.3) is 0 Å². The van der Waals surface area contributed by atoms with Crippen LogP contribution >= 0.6 is 0 Å². The van der Waals surface area contributed by atoms with Crippen LogP contribution in [0.4, 0.5) is 0 Å². The van der Waals surface area contributed by atoms with Crippen molar-refractivity contribution in [3.63, 3.8) is 0 Å². The number of sulfone groups is 1. The zero-order valence-electron chi connectivity index (χ0n) is 14.9. The Hall–Kier alpha value is -2.92. The number of ketones is 1. The van der Waals surface area contributed by atoms with Crippen LogP contribution in [-0.2, 0) is 9.84 Å². The van der Waals surface area contributed by atoms with Gasteiger partial charge in [0.1, 0.15) is 5.75 Å². The molecule has 27 heavy (non-hydrogen) atoms. The maximum absolute atomic E-state index is 13.3. The van der Waals surface area contributed by atoms with Crippen LogP contribution in [0.15, 0.2) is 89.8 Å². The predicted octanol–water partition coefficient (Wildman–Crippen LogP) is 4.48. The SMILES string of the molecule is COc1ccc([C@H](CC(=O)c2ccccc2)S(=O)(=O)c2ccccc2)cc1. The van der Waals surface area contributed by atoms with Crippen molar-refractivity contribution >= 4 is 15.6 Å². The number of methoxy groups -OCH3 is 1. The summed E-state index contributed by atoms with van der Waals surface area (Å²) in [5.41, 5.74) is 1.06. The zero-order valence-corrected chi connectivity index (χ0v) is 15.7. The van der Waals surface area contributed by atoms with E-state index in [2.05, 4.69) is 0 Å². The average molecular weight is 380 g/mol. The van der Waals surface area contributed by atoms with Crippen molar-refractivity contribution in [2.24, 2.45) is 0 Å². The summed E-state index contributed by atoms with van der Waals surface area (Å²) in [6, 6.07) is 23.8. The van der Waals surface area contributed by atoms with E-state index in [4.69, 9.17) is 4.74 Å². The Morgan fingerprint density at radius 3 is 1.96 bits per heavy atom. The highest BCUT2D eigenvalue weighted by molar-refractivity contribution is 7.91. The van der Waals surface area contributed by atoms with Gasteiger partial charge in [0.05, 0.1) is 17.3 Å². The fourth-order valence-corrected chi connectivity index (χ4v) is 4.66. The van der Waals surface area contributed by atoms with E-state index in [0.717, 1.165) is 0 Å². The van der Waals surface area contributed by atoms with Crippen molar-refractivity contribution in [2.45, 2.75) is 16.6 Å². The quantitative estimate of drug-likeness (QED) is 0.567. The first-order chi connectivity index (χ1) is 13.0. The van der Waals surface area contributed by atoms with Crippen LogP contribution in [0.5, 0.6) is 5.75 Å². The average Bonchev–Trinajstić information content (AvgIpc) is 2.73. The Morgan fingerprint density at radius 1 is 0.852 bits per heavy atom. The fraction of sp³-hybridized carbons (Fsp3) is 0.136. The van der Waals surface area contributed by atoms with Gasteiger partial charge >= 0.3 is 0 Å². The van der Waals surface area contributed by atoms with E-state index in [-0.39, 0.29) is 17.1 Å². The number of ether oxygens (including phenoxy) is 1. The molecule has 3 aromatic rings. The van der Waals surface area contributed by atoms with Crippen molar-refractivity contribution in [3.05, 3.63) is 96.1 Å². The first-order valence-corrected chi connectivity index (χ1v) is 10.1. The van der Waals surface area contributed by atoms with Gasteiger partial charge in [-0.15, -0.1) is 0 Å². The van der Waals surface area contributed by atoms with Crippen LogP contribution in [-0.4, -0.2) is 21.3 Å². The standard InChI is InChI=1S/C22H20O4S/c1-26-19-14-12-18(13-15-19)22(16-21(23)17-8-4-2-5-9-17)27(24,25)20-10-6-3-7-11-20/h2-15,22H,16H2,1H3/t22-/m0/s1. The van der Waals surface area contributed by atoms with Gasteiger partial charge in [-0.2, -0.15) is 0 Å². The third kappa shape index (κ3) is 4.26. The maximum Gasteiger partial charge on any atom is 0.185 e. The predicted molar refractivity (Wildman–Crippen MR) is 105 cm³/mol. The number of carbonyl (C=O) groups excluding carboxylic acids is 1. The molecule has 4 nitrogen and oxygen atoms in total. The molecule has 0 saturated carbocycles. The second-order valence-electron chi connectivity index (χ2n) is 6.11. The molecule has 3 aromatic carbocycles. The molecule has 3 rings (SSSR count). The minimum Gasteiger partial charge on any atom is -0.497 e. The number of hydrogen-bond acceptors (Lipinski definition) is 4. The van der Waals surface area contributed by atoms with E-state index < -0.39 is 15.1 Å². The summed E-state index contributed by atoms with van der Waals surface area (Å²) in [6.45, 7) is 0. The fourth-order valence-electron chi connectivity index (χ4n) is 2.91. The van der Waals surface area contributed by atoms with E-state index >= 15 is 0 Å². The van der Waals surface area contributed by atoms with E-state index in [9.17, 15) is 13.2 Å². The van der Waals surface area contributed by atoms with Crippen LogP contribution in [0.1, 0.15) is 27.6 Å². The normalized spacial score (nSPS) is 12.3. The van der Waals surface area contributed by atoms with Crippen molar-refractivity contribution in [1.29, 1.82) is 0 Å². The molecule has 0 saturated heterocycles. The molecule has 0 fully saturated rings. The molecule has 0 aliphatic rings. The van der Waals surface area contributed by atoms with Crippen molar-refractivity contribution in [2.75, 3.05) is 7.11 Å². The van der Waals surface area contributed by atoms with Gasteiger partial charge in [0.15, 0.2) is 15.6 Å². The molecule has 0 unspecified atom stereocenters. The van der Waals surface area contributed by atoms with Gasteiger partial charge in [-0.25, -0.2) is 8.42 Å². The first-order valence-electron chi connectivity index (χ1n) is 8.53. The molecule has 0 heterocycles. The summed E-state index contributed by atoms with van der Waals surface area (Å²) < 4.78 is 31.7. The molecule has 0 aliphatic carbocycles. The van der Waals surface area contributed by atoms with E-state index in [1.54, 1.807) is 86.0 Å². The van der Waals surface area contributed by atoms with Crippen molar-refractivity contribution in [3.8, 4) is 5.75 Å². The molecule has 0 spiro atoms. The third-order valence-corrected chi connectivity index (χ3v) is 6.52. The van der Waals surface area contributed by atoms with E-state index in [1.807, 2.05) is 6.07 Å². The Balaban J connectivity index is 2.02. The van der Waals surface area contributed by atoms with Crippen LogP contribution in [0.25, 0.3) is 0 Å². The largest absolute Gasteiger partial charge is 0.497 e. The minimum absolute atomic E-state index is 0.131. The van der Waals surface area contributed by atoms with Crippen LogP contribution in [0.3, 0.4) is 0 Å². The highest BCUT2D eigenvalue weighted by Crippen LogP contribution is 2.33. The maximum atomic E-state index is 13.3. The van der Waals surface area contributed by atoms with Gasteiger partial charge in [-0.05, 0) is 29.8 Å². The Kier molecular flexibility index (Phi) is 5.72. The number of Topliss-reactive ketones (excluding diaryl/α,β-unsaturated/α-hetero) is 1. The molecule has 0 radical (unpaired) electrons. The van der Waals surface area contributed by atoms with Crippen LogP contribution < -0.4 is 4.74 Å². The lowest BCUT2D eigenvalue weighted by Crippen LogP contribution is -2.18. The van der Waals surface area contributed by atoms with Gasteiger partial charge < -0.3 is 4.74 Å². The first kappa shape index (κ1) is 18.9. The molecular formula is C22H20O4S. The van der Waals surface area contributed by atoms with Crippen LogP contribution in [0.2, 0.25) is 0 Å². The molecule has 0 bridgehead atoms. The minimum atomic E-state index is -3.74. The summed E-state index contributed by atoms with van der Waals surface area (Å²) >= 11 is 0. The monoisotopic (exact) mass is 380 g/mol. The van der Waals surface area contributed by atoms with Gasteiger partial charge in [0.2, 0.25) is 0 Å². The molecule has 138 valence electrons. The number of rotatable bonds is 7. The summed E-state index contributed by atoms with van der Waals surface area (Å²) in [7, 11) is -2.19. The molecule has 1 atom stereocenters. The molecular weight excluding hydrogens is 360 g/mol. The van der Waals surface area contributed by atoms with E-state index in [0.29, 0.717) is 16.9 Å². The van der Waals surface area contributed by atoms with Crippen LogP contribution in [0, 0.1) is 0 Å². The van der Waals surface area contributed by atoms with Crippen molar-refractivity contribution < 1.29 is 17.9 Å². The topological polar surface area (TPSA) is 60.4 Å². The lowest BCUT2D eigenvalue weighted by Gasteiger charge is -2.18. The summed E-state index contributed by atoms with van der Waals surface area (Å²) in [6.07, 6.45) is -0.131. The summed E-state index contributed by atoms with van der Waals surface area (Å²) in [5.74, 6) is 0.417. The Morgan fingerprint density at radius 2 is 1.41 bits per heavy atom. The smallest absolute Gasteiger partial charge is 0.185 e.